The van der Waals surface area contributed by atoms with Crippen LogP contribution in [0.5, 0.6) is 5.88 Å². The van der Waals surface area contributed by atoms with Crippen LogP contribution >= 0.6 is 0 Å². The van der Waals surface area contributed by atoms with Crippen molar-refractivity contribution in [2.45, 2.75) is 6.10 Å². The molecule has 2 N–H and O–H groups in total. The quantitative estimate of drug-likeness (QED) is 0.824. The number of aromatic nitrogens is 1. The van der Waals surface area contributed by atoms with Crippen LogP contribution in [-0.2, 0) is 9.57 Å². The van der Waals surface area contributed by atoms with Gasteiger partial charge in [-0.3, -0.25) is 4.79 Å². The van der Waals surface area contributed by atoms with Crippen LogP contribution in [0, 0.1) is 5.92 Å². The van der Waals surface area contributed by atoms with Gasteiger partial charge < -0.3 is 20.0 Å². The van der Waals surface area contributed by atoms with Crippen molar-refractivity contribution < 1.29 is 19.1 Å². The van der Waals surface area contributed by atoms with E-state index in [-0.39, 0.29) is 23.5 Å². The normalized spacial score (nSPS) is 24.6. The molecule has 3 rings (SSSR count). The topological polar surface area (TPSA) is 96.0 Å². The summed E-state index contributed by atoms with van der Waals surface area (Å²) in [7, 11) is 1.44. The number of methoxy groups -OCH3 is 1. The predicted octanol–water partition coefficient (Wildman–Crippen LogP) is -0.0616. The van der Waals surface area contributed by atoms with Crippen LogP contribution in [0.1, 0.15) is 15.9 Å². The SMILES string of the molecule is COc1ncc(C2=NOC3COCC23)cc1C(N)=O. The van der Waals surface area contributed by atoms with Crippen molar-refractivity contribution in [2.75, 3.05) is 20.3 Å². The summed E-state index contributed by atoms with van der Waals surface area (Å²) in [4.78, 5) is 20.7. The maximum atomic E-state index is 11.4. The van der Waals surface area contributed by atoms with Crippen molar-refractivity contribution in [1.82, 2.24) is 4.98 Å². The minimum Gasteiger partial charge on any atom is -0.480 e. The lowest BCUT2D eigenvalue weighted by Gasteiger charge is -2.09. The zero-order valence-corrected chi connectivity index (χ0v) is 10.3. The second-order valence-electron chi connectivity index (χ2n) is 4.41. The summed E-state index contributed by atoms with van der Waals surface area (Å²) >= 11 is 0. The first kappa shape index (κ1) is 11.9. The van der Waals surface area contributed by atoms with Gasteiger partial charge in [0, 0.05) is 11.8 Å². The number of carbonyl (C=O) groups is 1. The van der Waals surface area contributed by atoms with E-state index in [9.17, 15) is 4.79 Å². The average Bonchev–Trinajstić information content (AvgIpc) is 3.00. The van der Waals surface area contributed by atoms with Crippen LogP contribution in [0.25, 0.3) is 0 Å². The third kappa shape index (κ3) is 1.91. The summed E-state index contributed by atoms with van der Waals surface area (Å²) in [5.74, 6) is -0.309. The van der Waals surface area contributed by atoms with Gasteiger partial charge in [0.15, 0.2) is 6.10 Å². The molecule has 1 aromatic rings. The Kier molecular flexibility index (Phi) is 2.83. The molecule has 3 heterocycles. The number of nitrogens with two attached hydrogens (primary N) is 1. The number of nitrogens with zero attached hydrogens (tertiary/aromatic N) is 2. The van der Waals surface area contributed by atoms with Gasteiger partial charge in [0.05, 0.1) is 32.0 Å². The summed E-state index contributed by atoms with van der Waals surface area (Å²) < 4.78 is 10.3. The van der Waals surface area contributed by atoms with Crippen molar-refractivity contribution in [2.24, 2.45) is 16.8 Å². The minimum atomic E-state index is -0.593. The molecule has 1 fully saturated rings. The number of primary amides is 1. The van der Waals surface area contributed by atoms with E-state index in [1.807, 2.05) is 0 Å². The molecule has 1 aromatic heterocycles. The van der Waals surface area contributed by atoms with Crippen LogP contribution in [-0.4, -0.2) is 43.0 Å². The van der Waals surface area contributed by atoms with E-state index in [0.29, 0.717) is 18.8 Å². The van der Waals surface area contributed by atoms with Crippen LogP contribution in [0.2, 0.25) is 0 Å². The molecule has 1 amide bonds. The van der Waals surface area contributed by atoms with E-state index in [1.54, 1.807) is 12.3 Å². The molecule has 0 radical (unpaired) electrons. The minimum absolute atomic E-state index is 0.0471. The van der Waals surface area contributed by atoms with E-state index < -0.39 is 5.91 Å². The molecular weight excluding hydrogens is 250 g/mol. The molecule has 0 saturated carbocycles. The van der Waals surface area contributed by atoms with Crippen LogP contribution in [0.15, 0.2) is 17.4 Å². The fraction of sp³-hybridized carbons (Fsp3) is 0.417. The second-order valence-corrected chi connectivity index (χ2v) is 4.41. The number of oxime groups is 1. The number of amides is 1. The second kappa shape index (κ2) is 4.51. The van der Waals surface area contributed by atoms with Gasteiger partial charge in [-0.05, 0) is 6.07 Å². The number of carbonyl (C=O) groups excluding carboxylic acids is 1. The van der Waals surface area contributed by atoms with E-state index in [2.05, 4.69) is 10.1 Å². The monoisotopic (exact) mass is 263 g/mol. The molecule has 0 bridgehead atoms. The molecule has 2 atom stereocenters. The van der Waals surface area contributed by atoms with Crippen molar-refractivity contribution in [3.05, 3.63) is 23.4 Å². The lowest BCUT2D eigenvalue weighted by Crippen LogP contribution is -2.22. The lowest BCUT2D eigenvalue weighted by molar-refractivity contribution is 0.0558. The highest BCUT2D eigenvalue weighted by atomic mass is 16.7. The van der Waals surface area contributed by atoms with E-state index in [1.165, 1.54) is 7.11 Å². The zero-order chi connectivity index (χ0) is 13.4. The maximum Gasteiger partial charge on any atom is 0.254 e. The van der Waals surface area contributed by atoms with Gasteiger partial charge in [-0.25, -0.2) is 4.98 Å². The third-order valence-corrected chi connectivity index (χ3v) is 3.27. The van der Waals surface area contributed by atoms with E-state index >= 15 is 0 Å². The van der Waals surface area contributed by atoms with E-state index in [4.69, 9.17) is 20.0 Å². The van der Waals surface area contributed by atoms with Gasteiger partial charge in [-0.2, -0.15) is 0 Å². The number of ether oxygens (including phenoxy) is 2. The highest BCUT2D eigenvalue weighted by Gasteiger charge is 2.40. The van der Waals surface area contributed by atoms with Gasteiger partial charge in [0.25, 0.3) is 5.91 Å². The average molecular weight is 263 g/mol. The van der Waals surface area contributed by atoms with Crippen molar-refractivity contribution in [3.63, 3.8) is 0 Å². The molecular formula is C12H13N3O4. The highest BCUT2D eigenvalue weighted by molar-refractivity contribution is 6.05. The van der Waals surface area contributed by atoms with Gasteiger partial charge in [-0.15, -0.1) is 0 Å². The Balaban J connectivity index is 1.98. The number of hydrogen-bond donors (Lipinski definition) is 1. The Bertz CT molecular complexity index is 558. The highest BCUT2D eigenvalue weighted by Crippen LogP contribution is 2.29. The lowest BCUT2D eigenvalue weighted by atomic mass is 9.95. The van der Waals surface area contributed by atoms with Gasteiger partial charge in [0.1, 0.15) is 5.56 Å². The fourth-order valence-electron chi connectivity index (χ4n) is 2.28. The maximum absolute atomic E-state index is 11.4. The number of pyridine rings is 1. The molecule has 2 unspecified atom stereocenters. The number of rotatable bonds is 3. The van der Waals surface area contributed by atoms with Crippen molar-refractivity contribution >= 4 is 11.6 Å². The predicted molar refractivity (Wildman–Crippen MR) is 65.0 cm³/mol. The van der Waals surface area contributed by atoms with Gasteiger partial charge in [0.2, 0.25) is 5.88 Å². The fourth-order valence-corrected chi connectivity index (χ4v) is 2.28. The molecule has 1 saturated heterocycles. The summed E-state index contributed by atoms with van der Waals surface area (Å²) in [6.07, 6.45) is 1.54. The number of fused-ring (bicyclic) bond motifs is 1. The summed E-state index contributed by atoms with van der Waals surface area (Å²) in [6.45, 7) is 1.09. The Labute approximate surface area is 109 Å². The first-order valence-corrected chi connectivity index (χ1v) is 5.86. The first-order valence-electron chi connectivity index (χ1n) is 5.86. The molecule has 2 aliphatic heterocycles. The Morgan fingerprint density at radius 1 is 1.53 bits per heavy atom. The molecule has 7 heteroatoms. The van der Waals surface area contributed by atoms with Crippen LogP contribution < -0.4 is 10.5 Å². The Morgan fingerprint density at radius 2 is 2.37 bits per heavy atom. The summed E-state index contributed by atoms with van der Waals surface area (Å²) in [5.41, 5.74) is 6.97. The largest absolute Gasteiger partial charge is 0.480 e. The molecule has 0 aromatic carbocycles. The van der Waals surface area contributed by atoms with Crippen molar-refractivity contribution in [1.29, 1.82) is 0 Å². The van der Waals surface area contributed by atoms with Gasteiger partial charge >= 0.3 is 0 Å². The molecule has 2 aliphatic rings. The first-order chi connectivity index (χ1) is 9.20. The van der Waals surface area contributed by atoms with Crippen LogP contribution in [0.3, 0.4) is 0 Å². The summed E-state index contributed by atoms with van der Waals surface area (Å²) in [5, 5.41) is 4.05. The standard InChI is InChI=1S/C12H13N3O4/c1-17-12-7(11(13)16)2-6(3-14-12)10-8-4-18-5-9(8)19-15-10/h2-3,8-9H,4-5H2,1H3,(H2,13,16). The third-order valence-electron chi connectivity index (χ3n) is 3.27. The number of hydrogen-bond acceptors (Lipinski definition) is 6. The van der Waals surface area contributed by atoms with Gasteiger partial charge in [-0.1, -0.05) is 5.16 Å². The molecule has 0 aliphatic carbocycles. The summed E-state index contributed by atoms with van der Waals surface area (Å²) in [6, 6.07) is 1.62. The Hall–Kier alpha value is -2.15. The van der Waals surface area contributed by atoms with Crippen LogP contribution in [0.4, 0.5) is 0 Å². The Morgan fingerprint density at radius 3 is 3.11 bits per heavy atom. The molecule has 100 valence electrons. The molecule has 0 spiro atoms. The van der Waals surface area contributed by atoms with E-state index in [0.717, 1.165) is 5.71 Å². The zero-order valence-electron chi connectivity index (χ0n) is 10.3. The van der Waals surface area contributed by atoms with Crippen molar-refractivity contribution in [3.8, 4) is 5.88 Å². The molecule has 19 heavy (non-hydrogen) atoms. The smallest absolute Gasteiger partial charge is 0.254 e. The molecule has 7 nitrogen and oxygen atoms in total.